The number of aryl methyl sites for hydroxylation is 2. The predicted molar refractivity (Wildman–Crippen MR) is 86.7 cm³/mol. The number of hydrogen-bond donors (Lipinski definition) is 1. The van der Waals surface area contributed by atoms with Gasteiger partial charge in [-0.3, -0.25) is 0 Å². The van der Waals surface area contributed by atoms with Gasteiger partial charge < -0.3 is 9.84 Å². The fourth-order valence-corrected chi connectivity index (χ4v) is 2.46. The maximum Gasteiger partial charge on any atom is 0.125 e. The summed E-state index contributed by atoms with van der Waals surface area (Å²) in [5.74, 6) is 0.782. The molecule has 0 amide bonds. The standard InChI is InChI=1S/C19H24O2/c1-14(2)21-19-11-7-6-10-17(19)18(20)13-12-16-9-5-4-8-15(16)3/h4-11,14,18,20H,12-13H2,1-3H3. The van der Waals surface area contributed by atoms with Crippen LogP contribution >= 0.6 is 0 Å². The number of rotatable bonds is 6. The largest absolute Gasteiger partial charge is 0.491 e. The molecule has 0 aromatic heterocycles. The zero-order valence-corrected chi connectivity index (χ0v) is 13.0. The maximum atomic E-state index is 10.5. The van der Waals surface area contributed by atoms with Crippen LogP contribution < -0.4 is 4.74 Å². The van der Waals surface area contributed by atoms with Gasteiger partial charge >= 0.3 is 0 Å². The Balaban J connectivity index is 2.07. The molecule has 0 aliphatic carbocycles. The first-order chi connectivity index (χ1) is 10.1. The lowest BCUT2D eigenvalue weighted by molar-refractivity contribution is 0.157. The van der Waals surface area contributed by atoms with Gasteiger partial charge in [-0.15, -0.1) is 0 Å². The van der Waals surface area contributed by atoms with E-state index < -0.39 is 6.10 Å². The van der Waals surface area contributed by atoms with Gasteiger partial charge in [-0.1, -0.05) is 42.5 Å². The smallest absolute Gasteiger partial charge is 0.125 e. The first kappa shape index (κ1) is 15.6. The van der Waals surface area contributed by atoms with Gasteiger partial charge in [-0.25, -0.2) is 0 Å². The normalized spacial score (nSPS) is 12.4. The molecule has 0 saturated carbocycles. The van der Waals surface area contributed by atoms with E-state index in [0.717, 1.165) is 17.7 Å². The van der Waals surface area contributed by atoms with Gasteiger partial charge in [0.25, 0.3) is 0 Å². The summed E-state index contributed by atoms with van der Waals surface area (Å²) < 4.78 is 5.78. The van der Waals surface area contributed by atoms with Gasteiger partial charge in [0.1, 0.15) is 5.75 Å². The summed E-state index contributed by atoms with van der Waals surface area (Å²) in [6.07, 6.45) is 1.17. The van der Waals surface area contributed by atoms with Gasteiger partial charge in [0.2, 0.25) is 0 Å². The van der Waals surface area contributed by atoms with Crippen LogP contribution in [0.4, 0.5) is 0 Å². The van der Waals surface area contributed by atoms with Crippen molar-refractivity contribution < 1.29 is 9.84 Å². The second-order valence-electron chi connectivity index (χ2n) is 5.69. The third-order valence-corrected chi connectivity index (χ3v) is 3.59. The van der Waals surface area contributed by atoms with Crippen molar-refractivity contribution in [3.63, 3.8) is 0 Å². The van der Waals surface area contributed by atoms with Gasteiger partial charge in [0.15, 0.2) is 0 Å². The van der Waals surface area contributed by atoms with E-state index in [1.165, 1.54) is 11.1 Å². The van der Waals surface area contributed by atoms with Gasteiger partial charge in [0, 0.05) is 5.56 Å². The van der Waals surface area contributed by atoms with E-state index in [4.69, 9.17) is 4.74 Å². The Kier molecular flexibility index (Phi) is 5.40. The lowest BCUT2D eigenvalue weighted by Gasteiger charge is -2.18. The Bertz CT molecular complexity index is 575. The topological polar surface area (TPSA) is 29.5 Å². The highest BCUT2D eigenvalue weighted by Crippen LogP contribution is 2.29. The molecule has 1 N–H and O–H groups in total. The van der Waals surface area contributed by atoms with E-state index in [1.54, 1.807) is 0 Å². The molecule has 0 heterocycles. The summed E-state index contributed by atoms with van der Waals surface area (Å²) in [5, 5.41) is 10.5. The van der Waals surface area contributed by atoms with Crippen LogP contribution in [0.25, 0.3) is 0 Å². The molecule has 0 aliphatic rings. The molecule has 2 nitrogen and oxygen atoms in total. The molecule has 2 aromatic carbocycles. The highest BCUT2D eigenvalue weighted by Gasteiger charge is 2.14. The summed E-state index contributed by atoms with van der Waals surface area (Å²) in [6, 6.07) is 16.1. The Morgan fingerprint density at radius 3 is 2.38 bits per heavy atom. The molecule has 2 rings (SSSR count). The van der Waals surface area contributed by atoms with Crippen molar-refractivity contribution in [1.29, 1.82) is 0 Å². The molecule has 21 heavy (non-hydrogen) atoms. The number of aliphatic hydroxyl groups is 1. The summed E-state index contributed by atoms with van der Waals surface area (Å²) in [5.41, 5.74) is 3.44. The lowest BCUT2D eigenvalue weighted by Crippen LogP contribution is -2.09. The average Bonchev–Trinajstić information content (AvgIpc) is 2.46. The first-order valence-corrected chi connectivity index (χ1v) is 7.56. The second kappa shape index (κ2) is 7.28. The molecule has 0 bridgehead atoms. The fraction of sp³-hybridized carbons (Fsp3) is 0.368. The van der Waals surface area contributed by atoms with Crippen LogP contribution in [0.15, 0.2) is 48.5 Å². The molecule has 1 unspecified atom stereocenters. The van der Waals surface area contributed by atoms with Crippen molar-refractivity contribution in [3.05, 3.63) is 65.2 Å². The summed E-state index contributed by atoms with van der Waals surface area (Å²) in [6.45, 7) is 6.10. The van der Waals surface area contributed by atoms with Crippen LogP contribution in [-0.4, -0.2) is 11.2 Å². The van der Waals surface area contributed by atoms with Crippen LogP contribution in [-0.2, 0) is 6.42 Å². The molecule has 0 saturated heterocycles. The van der Waals surface area contributed by atoms with Gasteiger partial charge in [-0.2, -0.15) is 0 Å². The Hall–Kier alpha value is -1.80. The maximum absolute atomic E-state index is 10.5. The van der Waals surface area contributed by atoms with E-state index in [9.17, 15) is 5.11 Å². The minimum Gasteiger partial charge on any atom is -0.491 e. The lowest BCUT2D eigenvalue weighted by atomic mass is 9.98. The zero-order chi connectivity index (χ0) is 15.2. The van der Waals surface area contributed by atoms with Gasteiger partial charge in [0.05, 0.1) is 12.2 Å². The molecule has 0 radical (unpaired) electrons. The molecular formula is C19H24O2. The van der Waals surface area contributed by atoms with Crippen LogP contribution in [0.2, 0.25) is 0 Å². The van der Waals surface area contributed by atoms with E-state index >= 15 is 0 Å². The molecule has 2 heteroatoms. The van der Waals surface area contributed by atoms with Crippen molar-refractivity contribution in [1.82, 2.24) is 0 Å². The Labute approximate surface area is 127 Å². The second-order valence-corrected chi connectivity index (χ2v) is 5.69. The van der Waals surface area contributed by atoms with Crippen LogP contribution in [0.3, 0.4) is 0 Å². The highest BCUT2D eigenvalue weighted by molar-refractivity contribution is 5.35. The van der Waals surface area contributed by atoms with Crippen LogP contribution in [0.5, 0.6) is 5.75 Å². The predicted octanol–water partition coefficient (Wildman–Crippen LogP) is 4.45. The summed E-state index contributed by atoms with van der Waals surface area (Å²) >= 11 is 0. The van der Waals surface area contributed by atoms with Crippen LogP contribution in [0.1, 0.15) is 43.1 Å². The quantitative estimate of drug-likeness (QED) is 0.849. The first-order valence-electron chi connectivity index (χ1n) is 7.56. The number of hydrogen-bond acceptors (Lipinski definition) is 2. The van der Waals surface area contributed by atoms with Crippen molar-refractivity contribution in [3.8, 4) is 5.75 Å². The monoisotopic (exact) mass is 284 g/mol. The summed E-state index contributed by atoms with van der Waals surface area (Å²) in [7, 11) is 0. The molecule has 0 fully saturated rings. The Morgan fingerprint density at radius 1 is 1.00 bits per heavy atom. The average molecular weight is 284 g/mol. The third-order valence-electron chi connectivity index (χ3n) is 3.59. The molecule has 2 aromatic rings. The molecule has 1 atom stereocenters. The SMILES string of the molecule is Cc1ccccc1CCC(O)c1ccccc1OC(C)C. The number of ether oxygens (including phenoxy) is 1. The number of benzene rings is 2. The molecular weight excluding hydrogens is 260 g/mol. The molecule has 112 valence electrons. The van der Waals surface area contributed by atoms with Crippen molar-refractivity contribution >= 4 is 0 Å². The highest BCUT2D eigenvalue weighted by atomic mass is 16.5. The van der Waals surface area contributed by atoms with Crippen molar-refractivity contribution in [2.75, 3.05) is 0 Å². The number of para-hydroxylation sites is 1. The minimum atomic E-state index is -0.500. The summed E-state index contributed by atoms with van der Waals surface area (Å²) in [4.78, 5) is 0. The minimum absolute atomic E-state index is 0.106. The van der Waals surface area contributed by atoms with E-state index in [1.807, 2.05) is 50.2 Å². The Morgan fingerprint density at radius 2 is 1.67 bits per heavy atom. The van der Waals surface area contributed by atoms with E-state index in [-0.39, 0.29) is 6.10 Å². The third kappa shape index (κ3) is 4.33. The van der Waals surface area contributed by atoms with Crippen molar-refractivity contribution in [2.24, 2.45) is 0 Å². The van der Waals surface area contributed by atoms with Gasteiger partial charge in [-0.05, 0) is 50.8 Å². The molecule has 0 spiro atoms. The molecule has 0 aliphatic heterocycles. The van der Waals surface area contributed by atoms with Crippen molar-refractivity contribution in [2.45, 2.75) is 45.8 Å². The fourth-order valence-electron chi connectivity index (χ4n) is 2.46. The van der Waals surface area contributed by atoms with E-state index in [2.05, 4.69) is 19.1 Å². The number of aliphatic hydroxyl groups excluding tert-OH is 1. The van der Waals surface area contributed by atoms with E-state index in [0.29, 0.717) is 6.42 Å². The van der Waals surface area contributed by atoms with Crippen LogP contribution in [0, 0.1) is 6.92 Å². The zero-order valence-electron chi connectivity index (χ0n) is 13.0.